The first-order valence-corrected chi connectivity index (χ1v) is 8.55. The predicted molar refractivity (Wildman–Crippen MR) is 91.3 cm³/mol. The van der Waals surface area contributed by atoms with Crippen LogP contribution < -0.4 is 5.73 Å². The summed E-state index contributed by atoms with van der Waals surface area (Å²) >= 11 is 0. The summed E-state index contributed by atoms with van der Waals surface area (Å²) in [5.41, 5.74) is 8.43. The van der Waals surface area contributed by atoms with Gasteiger partial charge in [0.2, 0.25) is 0 Å². The topological polar surface area (TPSA) is 55.6 Å². The molecule has 0 bridgehead atoms. The number of rotatable bonds is 2. The number of amides is 1. The van der Waals surface area contributed by atoms with Gasteiger partial charge < -0.3 is 15.4 Å². The summed E-state index contributed by atoms with van der Waals surface area (Å²) in [6, 6.07) is 8.74. The molecule has 2 N–H and O–H groups in total. The first-order valence-electron chi connectivity index (χ1n) is 8.55. The first kappa shape index (κ1) is 16.3. The Kier molecular flexibility index (Phi) is 3.91. The van der Waals surface area contributed by atoms with E-state index in [-0.39, 0.29) is 17.6 Å². The number of carbonyl (C=O) groups excluding carboxylic acids is 1. The number of piperidine rings is 1. The quantitative estimate of drug-likeness (QED) is 0.907. The maximum absolute atomic E-state index is 12.2. The number of ether oxygens (including phenoxy) is 1. The molecule has 1 saturated heterocycles. The van der Waals surface area contributed by atoms with Crippen LogP contribution in [0, 0.1) is 5.92 Å². The van der Waals surface area contributed by atoms with Gasteiger partial charge in [-0.05, 0) is 57.6 Å². The smallest absolute Gasteiger partial charge is 0.410 e. The second-order valence-corrected chi connectivity index (χ2v) is 8.15. The minimum Gasteiger partial charge on any atom is -0.444 e. The Morgan fingerprint density at radius 1 is 1.43 bits per heavy atom. The lowest BCUT2D eigenvalue weighted by molar-refractivity contribution is 0.0199. The number of benzene rings is 1. The van der Waals surface area contributed by atoms with Crippen LogP contribution in [0.4, 0.5) is 4.79 Å². The van der Waals surface area contributed by atoms with E-state index in [4.69, 9.17) is 10.5 Å². The standard InChI is InChI=1S/C19H28N2O2/c1-13(20)14-6-5-7-15(10-14)19-8-9-21(12-16(19)11-19)17(22)23-18(2,3)4/h5-7,10,13,16H,8-9,11-12,20H2,1-4H3. The maximum atomic E-state index is 12.2. The normalized spacial score (nSPS) is 28.0. The van der Waals surface area contributed by atoms with Crippen molar-refractivity contribution in [1.29, 1.82) is 0 Å². The van der Waals surface area contributed by atoms with E-state index >= 15 is 0 Å². The number of hydrogen-bond donors (Lipinski definition) is 1. The van der Waals surface area contributed by atoms with Crippen molar-refractivity contribution in [3.05, 3.63) is 35.4 Å². The fourth-order valence-corrected chi connectivity index (χ4v) is 3.74. The average molecular weight is 316 g/mol. The largest absolute Gasteiger partial charge is 0.444 e. The summed E-state index contributed by atoms with van der Waals surface area (Å²) in [7, 11) is 0. The van der Waals surface area contributed by atoms with Gasteiger partial charge >= 0.3 is 6.09 Å². The van der Waals surface area contributed by atoms with Crippen molar-refractivity contribution in [2.75, 3.05) is 13.1 Å². The van der Waals surface area contributed by atoms with E-state index in [1.54, 1.807) is 0 Å². The molecule has 3 unspecified atom stereocenters. The summed E-state index contributed by atoms with van der Waals surface area (Å²) in [4.78, 5) is 14.1. The van der Waals surface area contributed by atoms with Crippen molar-refractivity contribution < 1.29 is 9.53 Å². The number of fused-ring (bicyclic) bond motifs is 1. The molecule has 1 heterocycles. The van der Waals surface area contributed by atoms with Crippen LogP contribution in [0.25, 0.3) is 0 Å². The zero-order chi connectivity index (χ0) is 16.8. The van der Waals surface area contributed by atoms with Crippen molar-refractivity contribution in [2.24, 2.45) is 11.7 Å². The van der Waals surface area contributed by atoms with Crippen LogP contribution in [-0.2, 0) is 10.2 Å². The summed E-state index contributed by atoms with van der Waals surface area (Å²) < 4.78 is 5.50. The summed E-state index contributed by atoms with van der Waals surface area (Å²) in [6.45, 7) is 9.33. The average Bonchev–Trinajstić information content (AvgIpc) is 3.20. The van der Waals surface area contributed by atoms with E-state index < -0.39 is 5.60 Å². The minimum absolute atomic E-state index is 0.0606. The lowest BCUT2D eigenvalue weighted by Gasteiger charge is -2.33. The third kappa shape index (κ3) is 3.23. The molecule has 1 aliphatic heterocycles. The van der Waals surface area contributed by atoms with E-state index in [9.17, 15) is 4.79 Å². The van der Waals surface area contributed by atoms with Gasteiger partial charge in [0.25, 0.3) is 0 Å². The van der Waals surface area contributed by atoms with Gasteiger partial charge in [0.15, 0.2) is 0 Å². The zero-order valence-electron chi connectivity index (χ0n) is 14.6. The van der Waals surface area contributed by atoms with Crippen LogP contribution in [0.5, 0.6) is 0 Å². The molecule has 3 atom stereocenters. The van der Waals surface area contributed by atoms with Crippen molar-refractivity contribution >= 4 is 6.09 Å². The van der Waals surface area contributed by atoms with Gasteiger partial charge in [-0.1, -0.05) is 24.3 Å². The van der Waals surface area contributed by atoms with E-state index in [0.717, 1.165) is 25.9 Å². The van der Waals surface area contributed by atoms with Crippen LogP contribution in [0.1, 0.15) is 57.7 Å². The molecule has 0 spiro atoms. The highest BCUT2D eigenvalue weighted by Gasteiger charge is 2.58. The molecule has 2 aliphatic rings. The fourth-order valence-electron chi connectivity index (χ4n) is 3.74. The van der Waals surface area contributed by atoms with Crippen molar-refractivity contribution in [3.63, 3.8) is 0 Å². The number of hydrogen-bond acceptors (Lipinski definition) is 3. The number of carbonyl (C=O) groups is 1. The van der Waals surface area contributed by atoms with Gasteiger partial charge in [0.05, 0.1) is 0 Å². The first-order chi connectivity index (χ1) is 10.7. The Balaban J connectivity index is 1.69. The Morgan fingerprint density at radius 3 is 2.78 bits per heavy atom. The summed E-state index contributed by atoms with van der Waals surface area (Å²) in [6.07, 6.45) is 2.00. The van der Waals surface area contributed by atoms with Gasteiger partial charge in [-0.25, -0.2) is 4.79 Å². The van der Waals surface area contributed by atoms with Gasteiger partial charge in [0.1, 0.15) is 5.60 Å². The van der Waals surface area contributed by atoms with Crippen molar-refractivity contribution in [1.82, 2.24) is 4.90 Å². The second kappa shape index (κ2) is 5.52. The van der Waals surface area contributed by atoms with Crippen molar-refractivity contribution in [2.45, 2.75) is 57.6 Å². The number of likely N-dealkylation sites (tertiary alicyclic amines) is 1. The molecule has 4 nitrogen and oxygen atoms in total. The van der Waals surface area contributed by atoms with Gasteiger partial charge in [-0.2, -0.15) is 0 Å². The maximum Gasteiger partial charge on any atom is 0.410 e. The van der Waals surface area contributed by atoms with Crippen LogP contribution in [0.2, 0.25) is 0 Å². The molecule has 4 heteroatoms. The van der Waals surface area contributed by atoms with Crippen LogP contribution in [-0.4, -0.2) is 29.7 Å². The van der Waals surface area contributed by atoms with Gasteiger partial charge in [-0.15, -0.1) is 0 Å². The summed E-state index contributed by atoms with van der Waals surface area (Å²) in [5.74, 6) is 0.548. The molecular weight excluding hydrogens is 288 g/mol. The van der Waals surface area contributed by atoms with Crippen LogP contribution in [0.3, 0.4) is 0 Å². The molecule has 1 amide bonds. The molecule has 1 saturated carbocycles. The molecule has 126 valence electrons. The zero-order valence-corrected chi connectivity index (χ0v) is 14.6. The third-order valence-corrected chi connectivity index (χ3v) is 5.14. The fraction of sp³-hybridized carbons (Fsp3) is 0.632. The Morgan fingerprint density at radius 2 is 2.17 bits per heavy atom. The Bertz CT molecular complexity index is 606. The van der Waals surface area contributed by atoms with Gasteiger partial charge in [-0.3, -0.25) is 0 Å². The van der Waals surface area contributed by atoms with E-state index in [2.05, 4.69) is 24.3 Å². The highest BCUT2D eigenvalue weighted by Crippen LogP contribution is 2.59. The number of nitrogens with zero attached hydrogens (tertiary/aromatic N) is 1. The molecular formula is C19H28N2O2. The third-order valence-electron chi connectivity index (χ3n) is 5.14. The molecule has 1 aromatic carbocycles. The monoisotopic (exact) mass is 316 g/mol. The molecule has 23 heavy (non-hydrogen) atoms. The second-order valence-electron chi connectivity index (χ2n) is 8.15. The molecule has 0 radical (unpaired) electrons. The molecule has 0 aromatic heterocycles. The predicted octanol–water partition coefficient (Wildman–Crippen LogP) is 3.60. The highest BCUT2D eigenvalue weighted by molar-refractivity contribution is 5.68. The molecule has 3 rings (SSSR count). The van der Waals surface area contributed by atoms with E-state index in [0.29, 0.717) is 5.92 Å². The lowest BCUT2D eigenvalue weighted by atomic mass is 9.86. The molecule has 2 fully saturated rings. The van der Waals surface area contributed by atoms with Crippen LogP contribution in [0.15, 0.2) is 24.3 Å². The molecule has 1 aromatic rings. The van der Waals surface area contributed by atoms with Crippen molar-refractivity contribution in [3.8, 4) is 0 Å². The van der Waals surface area contributed by atoms with E-state index in [1.807, 2.05) is 32.6 Å². The minimum atomic E-state index is -0.430. The van der Waals surface area contributed by atoms with E-state index in [1.165, 1.54) is 11.1 Å². The lowest BCUT2D eigenvalue weighted by Crippen LogP contribution is -2.43. The number of nitrogens with two attached hydrogens (primary N) is 1. The summed E-state index contributed by atoms with van der Waals surface area (Å²) in [5, 5.41) is 0. The Labute approximate surface area is 139 Å². The SMILES string of the molecule is CC(N)c1cccc(C23CCN(C(=O)OC(C)(C)C)CC2C3)c1. The molecule has 1 aliphatic carbocycles. The van der Waals surface area contributed by atoms with Crippen LogP contribution >= 0.6 is 0 Å². The van der Waals surface area contributed by atoms with Gasteiger partial charge in [0, 0.05) is 24.5 Å². The highest BCUT2D eigenvalue weighted by atomic mass is 16.6. The Hall–Kier alpha value is -1.55.